The van der Waals surface area contributed by atoms with Crippen molar-refractivity contribution in [2.24, 2.45) is 0 Å². The second kappa shape index (κ2) is 8.25. The number of hydrogen-bond donors (Lipinski definition) is 1. The molecule has 4 rings (SSSR count). The van der Waals surface area contributed by atoms with Gasteiger partial charge in [0.2, 0.25) is 0 Å². The lowest BCUT2D eigenvalue weighted by Gasteiger charge is -2.10. The number of carbonyl (C=O) groups excluding carboxylic acids is 2. The van der Waals surface area contributed by atoms with E-state index < -0.39 is 11.7 Å². The van der Waals surface area contributed by atoms with Gasteiger partial charge in [-0.2, -0.15) is 0 Å². The summed E-state index contributed by atoms with van der Waals surface area (Å²) in [6, 6.07) is 22.5. The van der Waals surface area contributed by atoms with Crippen LogP contribution >= 0.6 is 0 Å². The Labute approximate surface area is 174 Å². The molecule has 30 heavy (non-hydrogen) atoms. The molecule has 0 saturated carbocycles. The number of aryl methyl sites for hydroxylation is 1. The number of hydrogen-bond acceptors (Lipinski definition) is 3. The molecule has 0 unspecified atom stereocenters. The Hall–Kier alpha value is -3.86. The lowest BCUT2D eigenvalue weighted by molar-refractivity contribution is -0.112. The van der Waals surface area contributed by atoms with Crippen LogP contribution in [0.15, 0.2) is 79.0 Å². The SMILES string of the molecule is CCc1ccccc1NC(=O)C(=O)c1c(-c2ccc(OC)cc2)cc2ccccn12. The Balaban J connectivity index is 1.76. The van der Waals surface area contributed by atoms with Crippen LogP contribution in [0, 0.1) is 0 Å². The molecule has 5 nitrogen and oxygen atoms in total. The van der Waals surface area contributed by atoms with Crippen molar-refractivity contribution in [1.29, 1.82) is 0 Å². The second-order valence-electron chi connectivity index (χ2n) is 6.92. The summed E-state index contributed by atoms with van der Waals surface area (Å²) >= 11 is 0. The highest BCUT2D eigenvalue weighted by atomic mass is 16.5. The van der Waals surface area contributed by atoms with E-state index in [1.807, 2.05) is 79.7 Å². The van der Waals surface area contributed by atoms with E-state index in [1.165, 1.54) is 0 Å². The number of fused-ring (bicyclic) bond motifs is 1. The lowest BCUT2D eigenvalue weighted by atomic mass is 10.0. The van der Waals surface area contributed by atoms with Crippen molar-refractivity contribution in [2.45, 2.75) is 13.3 Å². The molecule has 1 amide bonds. The van der Waals surface area contributed by atoms with Gasteiger partial charge >= 0.3 is 0 Å². The molecule has 0 aliphatic heterocycles. The van der Waals surface area contributed by atoms with Gasteiger partial charge in [-0.15, -0.1) is 0 Å². The molecule has 2 aromatic carbocycles. The number of aromatic nitrogens is 1. The third kappa shape index (κ3) is 3.57. The second-order valence-corrected chi connectivity index (χ2v) is 6.92. The largest absolute Gasteiger partial charge is 0.497 e. The van der Waals surface area contributed by atoms with Crippen molar-refractivity contribution in [1.82, 2.24) is 4.40 Å². The highest BCUT2D eigenvalue weighted by Gasteiger charge is 2.25. The number of Topliss-reactive ketones (excluding diaryl/α,β-unsaturated/α-hetero) is 1. The summed E-state index contributed by atoms with van der Waals surface area (Å²) < 4.78 is 6.99. The van der Waals surface area contributed by atoms with Gasteiger partial charge in [-0.3, -0.25) is 9.59 Å². The number of methoxy groups -OCH3 is 1. The maximum Gasteiger partial charge on any atom is 0.298 e. The first-order valence-electron chi connectivity index (χ1n) is 9.80. The fraction of sp³-hybridized carbons (Fsp3) is 0.120. The van der Waals surface area contributed by atoms with Gasteiger partial charge in [0.05, 0.1) is 7.11 Å². The molecule has 0 bridgehead atoms. The van der Waals surface area contributed by atoms with Crippen LogP contribution < -0.4 is 10.1 Å². The molecule has 1 N–H and O–H groups in total. The highest BCUT2D eigenvalue weighted by Crippen LogP contribution is 2.30. The Morgan fingerprint density at radius 3 is 2.43 bits per heavy atom. The van der Waals surface area contributed by atoms with E-state index in [-0.39, 0.29) is 0 Å². The molecular formula is C25H22N2O3. The summed E-state index contributed by atoms with van der Waals surface area (Å²) in [7, 11) is 1.61. The summed E-state index contributed by atoms with van der Waals surface area (Å²) in [6.45, 7) is 2.01. The van der Waals surface area contributed by atoms with Crippen molar-refractivity contribution in [3.63, 3.8) is 0 Å². The van der Waals surface area contributed by atoms with Gasteiger partial charge in [0.25, 0.3) is 11.7 Å². The minimum Gasteiger partial charge on any atom is -0.497 e. The molecule has 4 aromatic rings. The predicted octanol–water partition coefficient (Wildman–Crippen LogP) is 5.00. The van der Waals surface area contributed by atoms with Crippen LogP contribution in [0.5, 0.6) is 5.75 Å². The standard InChI is InChI=1S/C25H22N2O3/c1-3-17-8-4-5-10-22(17)26-25(29)24(28)23-21(16-19-9-6-7-15-27(19)23)18-11-13-20(30-2)14-12-18/h4-16H,3H2,1-2H3,(H,26,29). The van der Waals surface area contributed by atoms with Gasteiger partial charge in [-0.25, -0.2) is 0 Å². The van der Waals surface area contributed by atoms with Crippen LogP contribution in [0.4, 0.5) is 5.69 Å². The summed E-state index contributed by atoms with van der Waals surface area (Å²) in [4.78, 5) is 26.2. The van der Waals surface area contributed by atoms with Gasteiger partial charge in [0.15, 0.2) is 0 Å². The molecule has 150 valence electrons. The molecule has 0 atom stereocenters. The number of nitrogens with zero attached hydrogens (tertiary/aromatic N) is 1. The number of ketones is 1. The number of carbonyl (C=O) groups is 2. The Morgan fingerprint density at radius 1 is 0.967 bits per heavy atom. The van der Waals surface area contributed by atoms with Crippen molar-refractivity contribution < 1.29 is 14.3 Å². The van der Waals surface area contributed by atoms with Crippen LogP contribution in [0.1, 0.15) is 23.0 Å². The van der Waals surface area contributed by atoms with E-state index in [4.69, 9.17) is 4.74 Å². The summed E-state index contributed by atoms with van der Waals surface area (Å²) in [5, 5.41) is 2.79. The first-order valence-corrected chi connectivity index (χ1v) is 9.80. The number of rotatable bonds is 6. The number of anilines is 1. The minimum atomic E-state index is -0.658. The predicted molar refractivity (Wildman–Crippen MR) is 118 cm³/mol. The molecule has 0 fully saturated rings. The maximum atomic E-state index is 13.3. The average molecular weight is 398 g/mol. The quantitative estimate of drug-likeness (QED) is 0.367. The zero-order valence-electron chi connectivity index (χ0n) is 16.9. The van der Waals surface area contributed by atoms with Gasteiger partial charge in [0.1, 0.15) is 11.4 Å². The first kappa shape index (κ1) is 19.5. The molecular weight excluding hydrogens is 376 g/mol. The number of nitrogens with one attached hydrogen (secondary N) is 1. The summed E-state index contributed by atoms with van der Waals surface area (Å²) in [5.74, 6) is -0.517. The third-order valence-electron chi connectivity index (χ3n) is 5.15. The van der Waals surface area contributed by atoms with Crippen LogP contribution in [0.25, 0.3) is 16.6 Å². The topological polar surface area (TPSA) is 59.8 Å². The van der Waals surface area contributed by atoms with Crippen molar-refractivity contribution in [2.75, 3.05) is 12.4 Å². The van der Waals surface area contributed by atoms with E-state index >= 15 is 0 Å². The van der Waals surface area contributed by atoms with Crippen LogP contribution in [-0.4, -0.2) is 23.2 Å². The van der Waals surface area contributed by atoms with Gasteiger partial charge in [-0.1, -0.05) is 43.3 Å². The van der Waals surface area contributed by atoms with Crippen LogP contribution in [0.3, 0.4) is 0 Å². The number of pyridine rings is 1. The van der Waals surface area contributed by atoms with Crippen LogP contribution in [0.2, 0.25) is 0 Å². The molecule has 0 spiro atoms. The Kier molecular flexibility index (Phi) is 5.35. The number of benzene rings is 2. The third-order valence-corrected chi connectivity index (χ3v) is 5.15. The van der Waals surface area contributed by atoms with Crippen LogP contribution in [-0.2, 0) is 11.2 Å². The summed E-state index contributed by atoms with van der Waals surface area (Å²) in [5.41, 5.74) is 4.35. The van der Waals surface area contributed by atoms with E-state index in [9.17, 15) is 9.59 Å². The molecule has 0 aliphatic rings. The zero-order valence-corrected chi connectivity index (χ0v) is 16.9. The smallest absolute Gasteiger partial charge is 0.298 e. The maximum absolute atomic E-state index is 13.3. The Morgan fingerprint density at radius 2 is 1.70 bits per heavy atom. The lowest BCUT2D eigenvalue weighted by Crippen LogP contribution is -2.25. The average Bonchev–Trinajstić information content (AvgIpc) is 3.18. The van der Waals surface area contributed by atoms with E-state index in [0.29, 0.717) is 16.9 Å². The Bertz CT molecular complexity index is 1220. The normalized spacial score (nSPS) is 10.7. The molecule has 2 aromatic heterocycles. The minimum absolute atomic E-state index is 0.335. The molecule has 5 heteroatoms. The van der Waals surface area contributed by atoms with Crippen molar-refractivity contribution >= 4 is 22.9 Å². The van der Waals surface area contributed by atoms with E-state index in [1.54, 1.807) is 17.7 Å². The number of amides is 1. The van der Waals surface area contributed by atoms with E-state index in [0.717, 1.165) is 28.8 Å². The van der Waals surface area contributed by atoms with Gasteiger partial charge < -0.3 is 14.5 Å². The molecule has 0 saturated heterocycles. The monoisotopic (exact) mass is 398 g/mol. The zero-order chi connectivity index (χ0) is 21.1. The van der Waals surface area contributed by atoms with Crippen molar-refractivity contribution in [3.05, 3.63) is 90.3 Å². The summed E-state index contributed by atoms with van der Waals surface area (Å²) in [6.07, 6.45) is 2.55. The number of para-hydroxylation sites is 1. The fourth-order valence-electron chi connectivity index (χ4n) is 3.58. The first-order chi connectivity index (χ1) is 14.6. The highest BCUT2D eigenvalue weighted by molar-refractivity contribution is 6.47. The van der Waals surface area contributed by atoms with Gasteiger partial charge in [-0.05, 0) is 53.9 Å². The molecule has 2 heterocycles. The molecule has 0 aliphatic carbocycles. The number of ether oxygens (including phenoxy) is 1. The fourth-order valence-corrected chi connectivity index (χ4v) is 3.58. The van der Waals surface area contributed by atoms with E-state index in [2.05, 4.69) is 5.32 Å². The van der Waals surface area contributed by atoms with Gasteiger partial charge in [0, 0.05) is 23.0 Å². The van der Waals surface area contributed by atoms with Crippen molar-refractivity contribution in [3.8, 4) is 16.9 Å². The molecule has 0 radical (unpaired) electrons.